The van der Waals surface area contributed by atoms with Crippen LogP contribution in [0.25, 0.3) is 0 Å². The molecule has 0 N–H and O–H groups in total. The molecule has 0 spiro atoms. The molecular formula is C12H21NP2. The number of nitrogens with zero attached hydrogens (tertiary/aromatic N) is 1. The van der Waals surface area contributed by atoms with Crippen LogP contribution in [-0.2, 0) is 6.42 Å². The van der Waals surface area contributed by atoms with E-state index >= 15 is 0 Å². The van der Waals surface area contributed by atoms with E-state index < -0.39 is 0 Å². The first-order valence-electron chi connectivity index (χ1n) is 5.63. The van der Waals surface area contributed by atoms with Crippen molar-refractivity contribution in [3.63, 3.8) is 0 Å². The minimum absolute atomic E-state index is 1.19. The number of hydrogen-bond donors (Lipinski definition) is 0. The van der Waals surface area contributed by atoms with Gasteiger partial charge in [-0.05, 0) is 43.3 Å². The highest BCUT2D eigenvalue weighted by Crippen LogP contribution is 2.27. The van der Waals surface area contributed by atoms with Gasteiger partial charge in [0.15, 0.2) is 0 Å². The smallest absolute Gasteiger partial charge is 0.0455 e. The molecule has 15 heavy (non-hydrogen) atoms. The molecule has 0 amide bonds. The van der Waals surface area contributed by atoms with Crippen LogP contribution in [0.2, 0.25) is 0 Å². The number of benzene rings is 1. The van der Waals surface area contributed by atoms with Gasteiger partial charge in [-0.1, -0.05) is 44.4 Å². The molecule has 0 aliphatic rings. The zero-order chi connectivity index (χ0) is 11.1. The summed E-state index contributed by atoms with van der Waals surface area (Å²) < 4.78 is 2.04. The molecule has 1 nitrogen and oxygen atoms in total. The summed E-state index contributed by atoms with van der Waals surface area (Å²) in [6.07, 6.45) is 6.50. The normalized spacial score (nSPS) is 10.3. The van der Waals surface area contributed by atoms with E-state index in [1.54, 1.807) is 0 Å². The van der Waals surface area contributed by atoms with Gasteiger partial charge in [0.2, 0.25) is 0 Å². The lowest BCUT2D eigenvalue weighted by molar-refractivity contribution is 0.667. The summed E-state index contributed by atoms with van der Waals surface area (Å²) in [6, 6.07) is 8.60. The molecule has 0 bridgehead atoms. The van der Waals surface area contributed by atoms with Crippen molar-refractivity contribution >= 4 is 24.5 Å². The molecule has 84 valence electrons. The van der Waals surface area contributed by atoms with Crippen molar-refractivity contribution in [2.24, 2.45) is 0 Å². The first-order chi connectivity index (χ1) is 7.25. The van der Waals surface area contributed by atoms with Gasteiger partial charge < -0.3 is 4.44 Å². The van der Waals surface area contributed by atoms with Gasteiger partial charge in [-0.2, -0.15) is 0 Å². The lowest BCUT2D eigenvalue weighted by Gasteiger charge is -2.16. The molecule has 0 saturated carbocycles. The Kier molecular flexibility index (Phi) is 6.22. The molecule has 0 aliphatic carbocycles. The largest absolute Gasteiger partial charge is 0.341 e. The average molecular weight is 241 g/mol. The Morgan fingerprint density at radius 2 is 1.80 bits per heavy atom. The predicted octanol–water partition coefficient (Wildman–Crippen LogP) is 4.20. The molecule has 0 aromatic heterocycles. The fourth-order valence-electron chi connectivity index (χ4n) is 1.72. The maximum atomic E-state index is 2.69. The molecule has 2 atom stereocenters. The Balaban J connectivity index is 2.52. The van der Waals surface area contributed by atoms with Gasteiger partial charge >= 0.3 is 0 Å². The Hall–Kier alpha value is -0.120. The summed E-state index contributed by atoms with van der Waals surface area (Å²) in [6.45, 7) is 2.25. The zero-order valence-electron chi connectivity index (χ0n) is 9.45. The summed E-state index contributed by atoms with van der Waals surface area (Å²) in [7, 11) is 5.38. The molecule has 0 fully saturated rings. The summed E-state index contributed by atoms with van der Waals surface area (Å²) in [4.78, 5) is 0. The number of anilines is 1. The van der Waals surface area contributed by atoms with E-state index in [0.717, 1.165) is 0 Å². The first kappa shape index (κ1) is 12.9. The molecule has 1 aromatic carbocycles. The zero-order valence-corrected chi connectivity index (χ0v) is 11.8. The summed E-state index contributed by atoms with van der Waals surface area (Å²) >= 11 is 0. The highest BCUT2D eigenvalue weighted by Gasteiger charge is 2.02. The highest BCUT2D eigenvalue weighted by atomic mass is 31.1. The van der Waals surface area contributed by atoms with Crippen molar-refractivity contribution in [3.05, 3.63) is 29.8 Å². The van der Waals surface area contributed by atoms with Crippen molar-refractivity contribution in [2.75, 3.05) is 4.44 Å². The van der Waals surface area contributed by atoms with E-state index in [2.05, 4.69) is 50.0 Å². The predicted molar refractivity (Wildman–Crippen MR) is 76.2 cm³/mol. The molecule has 0 radical (unpaired) electrons. The van der Waals surface area contributed by atoms with Gasteiger partial charge in [0.05, 0.1) is 0 Å². The van der Waals surface area contributed by atoms with Crippen molar-refractivity contribution in [3.8, 4) is 0 Å². The third-order valence-corrected chi connectivity index (χ3v) is 3.13. The van der Waals surface area contributed by atoms with Crippen molar-refractivity contribution in [2.45, 2.75) is 39.0 Å². The van der Waals surface area contributed by atoms with E-state index in [1.807, 2.05) is 4.44 Å². The molecular weight excluding hydrogens is 220 g/mol. The highest BCUT2D eigenvalue weighted by molar-refractivity contribution is 7.39. The van der Waals surface area contributed by atoms with Crippen LogP contribution in [0.15, 0.2) is 24.3 Å². The van der Waals surface area contributed by atoms with Crippen LogP contribution < -0.4 is 4.44 Å². The average Bonchev–Trinajstić information content (AvgIpc) is 2.25. The molecule has 0 saturated heterocycles. The Bertz CT molecular complexity index is 287. The van der Waals surface area contributed by atoms with Gasteiger partial charge in [-0.15, -0.1) is 0 Å². The fraction of sp³-hybridized carbons (Fsp3) is 0.500. The van der Waals surface area contributed by atoms with Crippen LogP contribution in [0.4, 0.5) is 5.69 Å². The molecule has 1 rings (SSSR count). The second-order valence-corrected chi connectivity index (χ2v) is 5.56. The summed E-state index contributed by atoms with van der Waals surface area (Å²) in [5, 5.41) is 0. The van der Waals surface area contributed by atoms with E-state index in [9.17, 15) is 0 Å². The second kappa shape index (κ2) is 7.20. The molecule has 3 heteroatoms. The minimum atomic E-state index is 1.19. The topological polar surface area (TPSA) is 3.24 Å². The molecule has 0 heterocycles. The molecule has 2 unspecified atom stereocenters. The lowest BCUT2D eigenvalue weighted by Crippen LogP contribution is -1.96. The third-order valence-electron chi connectivity index (χ3n) is 2.57. The van der Waals surface area contributed by atoms with E-state index in [-0.39, 0.29) is 0 Å². The van der Waals surface area contributed by atoms with Crippen LogP contribution in [0.3, 0.4) is 0 Å². The Labute approximate surface area is 98.2 Å². The van der Waals surface area contributed by atoms with E-state index in [4.69, 9.17) is 0 Å². The van der Waals surface area contributed by atoms with E-state index in [1.165, 1.54) is 43.4 Å². The van der Waals surface area contributed by atoms with Gasteiger partial charge in [-0.3, -0.25) is 0 Å². The van der Waals surface area contributed by atoms with Crippen LogP contribution in [0, 0.1) is 0 Å². The van der Waals surface area contributed by atoms with Crippen LogP contribution >= 0.6 is 18.8 Å². The Morgan fingerprint density at radius 3 is 2.47 bits per heavy atom. The molecule has 0 aliphatic heterocycles. The quantitative estimate of drug-likeness (QED) is 0.533. The number of aryl methyl sites for hydroxylation is 1. The number of hydrogen-bond acceptors (Lipinski definition) is 1. The van der Waals surface area contributed by atoms with Gasteiger partial charge in [0, 0.05) is 5.69 Å². The maximum Gasteiger partial charge on any atom is 0.0455 e. The van der Waals surface area contributed by atoms with Crippen molar-refractivity contribution in [1.29, 1.82) is 0 Å². The van der Waals surface area contributed by atoms with Crippen molar-refractivity contribution in [1.82, 2.24) is 0 Å². The van der Waals surface area contributed by atoms with Crippen LogP contribution in [0.1, 0.15) is 38.2 Å². The van der Waals surface area contributed by atoms with Crippen molar-refractivity contribution < 1.29 is 0 Å². The van der Waals surface area contributed by atoms with Gasteiger partial charge in [0.1, 0.15) is 0 Å². The first-order valence-corrected chi connectivity index (χ1v) is 6.66. The van der Waals surface area contributed by atoms with Crippen LogP contribution in [0.5, 0.6) is 0 Å². The lowest BCUT2D eigenvalue weighted by atomic mass is 10.0. The maximum absolute atomic E-state index is 2.69. The third kappa shape index (κ3) is 4.49. The fourth-order valence-corrected chi connectivity index (χ4v) is 2.22. The minimum Gasteiger partial charge on any atom is -0.341 e. The van der Waals surface area contributed by atoms with E-state index in [0.29, 0.717) is 0 Å². The summed E-state index contributed by atoms with van der Waals surface area (Å²) in [5.74, 6) is 0. The number of rotatable bonds is 6. The second-order valence-electron chi connectivity index (χ2n) is 3.85. The van der Waals surface area contributed by atoms with Gasteiger partial charge in [0.25, 0.3) is 0 Å². The Morgan fingerprint density at radius 1 is 1.07 bits per heavy atom. The SMILES string of the molecule is CCCCCCc1ccccc1N(P)P. The van der Waals surface area contributed by atoms with Gasteiger partial charge in [-0.25, -0.2) is 0 Å². The number of para-hydroxylation sites is 1. The van der Waals surface area contributed by atoms with Crippen LogP contribution in [-0.4, -0.2) is 0 Å². The standard InChI is InChI=1S/C12H21NP2/c1-2-3-4-5-8-11-9-6-7-10-12(11)13(14)15/h6-7,9-10H,2-5,8,14-15H2,1H3. The summed E-state index contributed by atoms with van der Waals surface area (Å²) in [5.41, 5.74) is 2.74. The molecule has 1 aromatic rings. The monoisotopic (exact) mass is 241 g/mol. The number of unbranched alkanes of at least 4 members (excludes halogenated alkanes) is 3.